The van der Waals surface area contributed by atoms with Gasteiger partial charge in [0.05, 0.1) is 18.0 Å². The number of ether oxygens (including phenoxy) is 1. The second-order valence-electron chi connectivity index (χ2n) is 6.84. The zero-order chi connectivity index (χ0) is 21.8. The van der Waals surface area contributed by atoms with Gasteiger partial charge in [-0.15, -0.1) is 0 Å². The van der Waals surface area contributed by atoms with Crippen molar-refractivity contribution in [1.29, 1.82) is 0 Å². The minimum Gasteiger partial charge on any atom is -0.492 e. The lowest BCUT2D eigenvalue weighted by Crippen LogP contribution is -2.54. The second-order valence-corrected chi connectivity index (χ2v) is 6.84. The Bertz CT molecular complexity index is 1040. The quantitative estimate of drug-likeness (QED) is 0.567. The molecule has 1 amide bonds. The summed E-state index contributed by atoms with van der Waals surface area (Å²) in [6.45, 7) is 1.24. The van der Waals surface area contributed by atoms with Gasteiger partial charge in [-0.3, -0.25) is 4.79 Å². The van der Waals surface area contributed by atoms with Gasteiger partial charge < -0.3 is 15.0 Å². The van der Waals surface area contributed by atoms with Crippen LogP contribution in [0, 0.1) is 5.92 Å². The lowest BCUT2D eigenvalue weighted by Gasteiger charge is -2.39. The molecule has 0 unspecified atom stereocenters. The van der Waals surface area contributed by atoms with E-state index >= 15 is 0 Å². The fourth-order valence-corrected chi connectivity index (χ4v) is 3.04. The number of hydrogen-bond acceptors (Lipinski definition) is 7. The van der Waals surface area contributed by atoms with Crippen LogP contribution in [0.4, 0.5) is 19.0 Å². The molecular formula is C19H18F3N7O2. The number of nitrogens with zero attached hydrogens (tertiary/aromatic N) is 6. The number of anilines is 1. The molecule has 2 aromatic heterocycles. The van der Waals surface area contributed by atoms with Crippen LogP contribution in [0.1, 0.15) is 5.56 Å². The van der Waals surface area contributed by atoms with E-state index in [2.05, 4.69) is 25.4 Å². The largest absolute Gasteiger partial charge is 0.492 e. The van der Waals surface area contributed by atoms with Crippen LogP contribution in [-0.4, -0.2) is 56.9 Å². The highest BCUT2D eigenvalue weighted by molar-refractivity contribution is 5.81. The molecule has 0 bridgehead atoms. The van der Waals surface area contributed by atoms with E-state index in [-0.39, 0.29) is 30.7 Å². The lowest BCUT2D eigenvalue weighted by atomic mass is 9.99. The molecule has 1 aliphatic rings. The molecule has 0 aliphatic carbocycles. The van der Waals surface area contributed by atoms with Crippen LogP contribution in [0.5, 0.6) is 5.75 Å². The number of carbonyl (C=O) groups excluding carboxylic acids is 1. The molecule has 0 radical (unpaired) electrons. The third kappa shape index (κ3) is 4.90. The lowest BCUT2D eigenvalue weighted by molar-refractivity contribution is -0.137. The van der Waals surface area contributed by atoms with Crippen molar-refractivity contribution in [3.8, 4) is 11.6 Å². The molecule has 3 aromatic rings. The summed E-state index contributed by atoms with van der Waals surface area (Å²) in [6.07, 6.45) is -0.0727. The summed E-state index contributed by atoms with van der Waals surface area (Å²) in [5, 5.41) is 6.76. The minimum absolute atomic E-state index is 0.0661. The van der Waals surface area contributed by atoms with Crippen molar-refractivity contribution in [3.63, 3.8) is 0 Å². The summed E-state index contributed by atoms with van der Waals surface area (Å²) in [4.78, 5) is 26.4. The number of amides is 1. The normalized spacial score (nSPS) is 14.2. The average molecular weight is 433 g/mol. The van der Waals surface area contributed by atoms with Crippen molar-refractivity contribution in [2.24, 2.45) is 5.92 Å². The summed E-state index contributed by atoms with van der Waals surface area (Å²) in [7, 11) is 0. The van der Waals surface area contributed by atoms with Gasteiger partial charge in [-0.2, -0.15) is 18.3 Å². The van der Waals surface area contributed by atoms with Gasteiger partial charge in [-0.1, -0.05) is 6.07 Å². The van der Waals surface area contributed by atoms with Gasteiger partial charge in [0, 0.05) is 19.2 Å². The Morgan fingerprint density at radius 2 is 1.97 bits per heavy atom. The molecule has 12 heteroatoms. The summed E-state index contributed by atoms with van der Waals surface area (Å²) in [5.41, 5.74) is -0.778. The Hall–Kier alpha value is -3.70. The third-order valence-corrected chi connectivity index (χ3v) is 4.70. The van der Waals surface area contributed by atoms with E-state index in [0.29, 0.717) is 24.7 Å². The summed E-state index contributed by atoms with van der Waals surface area (Å²) in [6, 6.07) is 6.38. The maximum atomic E-state index is 12.7. The average Bonchev–Trinajstić information content (AvgIpc) is 3.25. The van der Waals surface area contributed by atoms with Crippen LogP contribution in [0.3, 0.4) is 0 Å². The van der Waals surface area contributed by atoms with Crippen molar-refractivity contribution in [2.75, 3.05) is 31.1 Å². The predicted octanol–water partition coefficient (Wildman–Crippen LogP) is 1.71. The molecule has 1 aromatic carbocycles. The highest BCUT2D eigenvalue weighted by Gasteiger charge is 2.33. The Morgan fingerprint density at radius 1 is 1.16 bits per heavy atom. The maximum Gasteiger partial charge on any atom is 0.416 e. The fourth-order valence-electron chi connectivity index (χ4n) is 3.04. The molecular weight excluding hydrogens is 415 g/mol. The Balaban J connectivity index is 1.21. The van der Waals surface area contributed by atoms with Gasteiger partial charge in [0.25, 0.3) is 0 Å². The van der Waals surface area contributed by atoms with Gasteiger partial charge in [-0.05, 0) is 18.2 Å². The number of halogens is 3. The van der Waals surface area contributed by atoms with Crippen molar-refractivity contribution >= 4 is 11.7 Å². The molecule has 1 fully saturated rings. The summed E-state index contributed by atoms with van der Waals surface area (Å²) >= 11 is 0. The molecule has 0 atom stereocenters. The molecule has 0 saturated carbocycles. The van der Waals surface area contributed by atoms with Gasteiger partial charge >= 0.3 is 6.18 Å². The Kier molecular flexibility index (Phi) is 5.69. The van der Waals surface area contributed by atoms with E-state index in [4.69, 9.17) is 4.74 Å². The molecule has 31 heavy (non-hydrogen) atoms. The standard InChI is InChI=1S/C19H18F3N7O2/c20-19(21,22)14-2-1-3-15(6-14)31-5-4-24-18(30)13-8-28(9-13)16-7-17(26-11-25-16)29-12-23-10-27-29/h1-3,6-7,10-13H,4-5,8-9H2,(H,24,30). The van der Waals surface area contributed by atoms with E-state index < -0.39 is 11.7 Å². The third-order valence-electron chi connectivity index (χ3n) is 4.70. The maximum absolute atomic E-state index is 12.7. The van der Waals surface area contributed by atoms with Crippen molar-refractivity contribution in [1.82, 2.24) is 30.0 Å². The van der Waals surface area contributed by atoms with Crippen LogP contribution in [0.15, 0.2) is 49.3 Å². The summed E-state index contributed by atoms with van der Waals surface area (Å²) in [5.74, 6) is 0.998. The van der Waals surface area contributed by atoms with E-state index in [1.807, 2.05) is 4.90 Å². The predicted molar refractivity (Wildman–Crippen MR) is 103 cm³/mol. The first-order valence-corrected chi connectivity index (χ1v) is 9.40. The zero-order valence-electron chi connectivity index (χ0n) is 16.2. The molecule has 3 heterocycles. The number of rotatable bonds is 7. The SMILES string of the molecule is O=C(NCCOc1cccc(C(F)(F)F)c1)C1CN(c2cc(-n3cncn3)ncn2)C1. The van der Waals surface area contributed by atoms with Crippen molar-refractivity contribution in [3.05, 3.63) is 54.9 Å². The van der Waals surface area contributed by atoms with E-state index in [0.717, 1.165) is 12.1 Å². The van der Waals surface area contributed by atoms with Gasteiger partial charge in [0.2, 0.25) is 5.91 Å². The van der Waals surface area contributed by atoms with Crippen LogP contribution in [-0.2, 0) is 11.0 Å². The zero-order valence-corrected chi connectivity index (χ0v) is 16.2. The number of alkyl halides is 3. The first kappa shape index (κ1) is 20.6. The van der Waals surface area contributed by atoms with Crippen LogP contribution < -0.4 is 15.0 Å². The molecule has 4 rings (SSSR count). The van der Waals surface area contributed by atoms with E-state index in [1.54, 1.807) is 6.07 Å². The Morgan fingerprint density at radius 3 is 2.71 bits per heavy atom. The highest BCUT2D eigenvalue weighted by atomic mass is 19.4. The molecule has 1 saturated heterocycles. The van der Waals surface area contributed by atoms with E-state index in [1.165, 1.54) is 35.8 Å². The fraction of sp³-hybridized carbons (Fsp3) is 0.316. The Labute approximate surface area is 174 Å². The highest BCUT2D eigenvalue weighted by Crippen LogP contribution is 2.31. The molecule has 1 aliphatic heterocycles. The number of nitrogens with one attached hydrogen (secondary N) is 1. The monoisotopic (exact) mass is 433 g/mol. The molecule has 162 valence electrons. The van der Waals surface area contributed by atoms with E-state index in [9.17, 15) is 18.0 Å². The van der Waals surface area contributed by atoms with Crippen LogP contribution >= 0.6 is 0 Å². The first-order valence-electron chi connectivity index (χ1n) is 9.40. The van der Waals surface area contributed by atoms with Gasteiger partial charge in [0.15, 0.2) is 5.82 Å². The molecule has 9 nitrogen and oxygen atoms in total. The number of aromatic nitrogens is 5. The smallest absolute Gasteiger partial charge is 0.416 e. The topological polar surface area (TPSA) is 98.1 Å². The van der Waals surface area contributed by atoms with Crippen molar-refractivity contribution in [2.45, 2.75) is 6.18 Å². The molecule has 1 N–H and O–H groups in total. The minimum atomic E-state index is -4.43. The van der Waals surface area contributed by atoms with Crippen molar-refractivity contribution < 1.29 is 22.7 Å². The number of carbonyl (C=O) groups is 1. The summed E-state index contributed by atoms with van der Waals surface area (Å²) < 4.78 is 45.0. The van der Waals surface area contributed by atoms with Gasteiger partial charge in [-0.25, -0.2) is 19.6 Å². The van der Waals surface area contributed by atoms with Gasteiger partial charge in [0.1, 0.15) is 37.2 Å². The second kappa shape index (κ2) is 8.58. The van der Waals surface area contributed by atoms with Crippen LogP contribution in [0.2, 0.25) is 0 Å². The first-order chi connectivity index (χ1) is 14.9. The number of hydrogen-bond donors (Lipinski definition) is 1. The van der Waals surface area contributed by atoms with Crippen LogP contribution in [0.25, 0.3) is 5.82 Å². The molecule has 0 spiro atoms. The number of benzene rings is 1.